The summed E-state index contributed by atoms with van der Waals surface area (Å²) in [6.45, 7) is 0.226. The fourth-order valence-electron chi connectivity index (χ4n) is 6.00. The van der Waals surface area contributed by atoms with E-state index in [1.54, 1.807) is 36.4 Å². The first kappa shape index (κ1) is 28.1. The monoisotopic (exact) mass is 618 g/mol. The molecule has 224 valence electrons. The molecular weight excluding hydrogens is 592 g/mol. The van der Waals surface area contributed by atoms with Gasteiger partial charge in [-0.2, -0.15) is 8.75 Å². The van der Waals surface area contributed by atoms with E-state index in [4.69, 9.17) is 9.47 Å². The second-order valence-corrected chi connectivity index (χ2v) is 11.1. The Morgan fingerprint density at radius 2 is 1.64 bits per heavy atom. The summed E-state index contributed by atoms with van der Waals surface area (Å²) < 4.78 is 24.3. The molecule has 0 saturated carbocycles. The van der Waals surface area contributed by atoms with E-state index >= 15 is 0 Å². The standard InChI is InChI=1S/C34H26N4O6S/c1-37-27-10-6-5-9-23(27)30-31(37)29(32(34(41)42)38(30)17-19-11-14-25-26(15-19)36-45-35-25)24-13-12-21(43-2)16-28(24)44-18-20-7-3-4-8-22(20)33(39)40/h3-16H,17-18H2,1-2H3,(H,39,40)(H,41,42). The van der Waals surface area contributed by atoms with Crippen molar-refractivity contribution < 1.29 is 29.3 Å². The number of carboxylic acid groups (broad SMARTS) is 2. The molecule has 7 rings (SSSR count). The van der Waals surface area contributed by atoms with E-state index in [0.29, 0.717) is 28.2 Å². The number of carbonyl (C=O) groups is 2. The highest BCUT2D eigenvalue weighted by atomic mass is 32.1. The van der Waals surface area contributed by atoms with Crippen LogP contribution in [-0.2, 0) is 20.2 Å². The molecule has 0 aliphatic rings. The maximum Gasteiger partial charge on any atom is 0.353 e. The lowest BCUT2D eigenvalue weighted by atomic mass is 10.0. The highest BCUT2D eigenvalue weighted by Crippen LogP contribution is 2.45. The van der Waals surface area contributed by atoms with Crippen molar-refractivity contribution in [1.82, 2.24) is 17.9 Å². The molecule has 4 aromatic carbocycles. The van der Waals surface area contributed by atoms with E-state index < -0.39 is 11.9 Å². The number of aromatic carboxylic acids is 2. The van der Waals surface area contributed by atoms with Crippen LogP contribution in [0.1, 0.15) is 32.0 Å². The normalized spacial score (nSPS) is 11.4. The van der Waals surface area contributed by atoms with Crippen LogP contribution in [0.4, 0.5) is 0 Å². The first-order valence-electron chi connectivity index (χ1n) is 14.0. The lowest BCUT2D eigenvalue weighted by Crippen LogP contribution is -2.11. The first-order chi connectivity index (χ1) is 21.9. The van der Waals surface area contributed by atoms with Crippen molar-refractivity contribution in [2.45, 2.75) is 13.2 Å². The van der Waals surface area contributed by atoms with E-state index in [9.17, 15) is 19.8 Å². The van der Waals surface area contributed by atoms with Crippen molar-refractivity contribution in [2.75, 3.05) is 7.11 Å². The molecule has 0 saturated heterocycles. The number of aryl methyl sites for hydroxylation is 1. The molecule has 0 aliphatic carbocycles. The van der Waals surface area contributed by atoms with E-state index in [-0.39, 0.29) is 24.4 Å². The largest absolute Gasteiger partial charge is 0.497 e. The number of para-hydroxylation sites is 1. The van der Waals surface area contributed by atoms with Crippen LogP contribution >= 0.6 is 11.7 Å². The maximum atomic E-state index is 13.2. The third-order valence-electron chi connectivity index (χ3n) is 8.04. The van der Waals surface area contributed by atoms with Crippen molar-refractivity contribution in [2.24, 2.45) is 7.05 Å². The number of rotatable bonds is 9. The predicted octanol–water partition coefficient (Wildman–Crippen LogP) is 6.84. The van der Waals surface area contributed by atoms with E-state index in [1.807, 2.05) is 58.6 Å². The molecule has 0 bridgehead atoms. The summed E-state index contributed by atoms with van der Waals surface area (Å²) in [4.78, 5) is 25.1. The van der Waals surface area contributed by atoms with Crippen LogP contribution < -0.4 is 9.47 Å². The average molecular weight is 619 g/mol. The molecular formula is C34H26N4O6S. The van der Waals surface area contributed by atoms with Gasteiger partial charge in [-0.15, -0.1) is 0 Å². The lowest BCUT2D eigenvalue weighted by Gasteiger charge is -2.16. The second kappa shape index (κ2) is 11.1. The molecule has 0 aliphatic heterocycles. The minimum Gasteiger partial charge on any atom is -0.497 e. The van der Waals surface area contributed by atoms with Crippen molar-refractivity contribution in [3.8, 4) is 22.6 Å². The minimum absolute atomic E-state index is 0.0499. The van der Waals surface area contributed by atoms with Crippen LogP contribution in [0.15, 0.2) is 84.9 Å². The predicted molar refractivity (Wildman–Crippen MR) is 172 cm³/mol. The van der Waals surface area contributed by atoms with Crippen molar-refractivity contribution in [3.05, 3.63) is 107 Å². The van der Waals surface area contributed by atoms with Crippen LogP contribution in [0, 0.1) is 0 Å². The Kier molecular flexibility index (Phi) is 6.94. The van der Waals surface area contributed by atoms with Gasteiger partial charge in [0, 0.05) is 41.7 Å². The number of nitrogens with zero attached hydrogens (tertiary/aromatic N) is 4. The van der Waals surface area contributed by atoms with E-state index in [1.165, 1.54) is 13.2 Å². The van der Waals surface area contributed by atoms with Gasteiger partial charge in [0.1, 0.15) is 34.8 Å². The second-order valence-electron chi connectivity index (χ2n) is 10.6. The zero-order chi connectivity index (χ0) is 31.2. The molecule has 0 unspecified atom stereocenters. The number of hydrogen-bond donors (Lipinski definition) is 2. The number of aromatic nitrogens is 4. The molecule has 0 radical (unpaired) electrons. The molecule has 10 nitrogen and oxygen atoms in total. The van der Waals surface area contributed by atoms with Gasteiger partial charge < -0.3 is 28.8 Å². The van der Waals surface area contributed by atoms with Gasteiger partial charge in [-0.05, 0) is 42.0 Å². The van der Waals surface area contributed by atoms with Gasteiger partial charge in [-0.1, -0.05) is 42.5 Å². The molecule has 0 fully saturated rings. The molecule has 0 spiro atoms. The zero-order valence-electron chi connectivity index (χ0n) is 24.2. The van der Waals surface area contributed by atoms with Crippen molar-refractivity contribution in [1.29, 1.82) is 0 Å². The van der Waals surface area contributed by atoms with Crippen molar-refractivity contribution >= 4 is 56.6 Å². The topological polar surface area (TPSA) is 129 Å². The van der Waals surface area contributed by atoms with Crippen LogP contribution in [0.3, 0.4) is 0 Å². The summed E-state index contributed by atoms with van der Waals surface area (Å²) in [6, 6.07) is 25.5. The van der Waals surface area contributed by atoms with Crippen LogP contribution in [0.25, 0.3) is 44.1 Å². The number of fused-ring (bicyclic) bond motifs is 4. The molecule has 3 aromatic heterocycles. The summed E-state index contributed by atoms with van der Waals surface area (Å²) in [5, 5.41) is 21.4. The third kappa shape index (κ3) is 4.74. The van der Waals surface area contributed by atoms with Gasteiger partial charge in [0.15, 0.2) is 0 Å². The summed E-state index contributed by atoms with van der Waals surface area (Å²) in [5.74, 6) is -1.29. The Morgan fingerprint density at radius 1 is 0.867 bits per heavy atom. The third-order valence-corrected chi connectivity index (χ3v) is 8.60. The molecule has 2 N–H and O–H groups in total. The summed E-state index contributed by atoms with van der Waals surface area (Å²) in [5.41, 5.74) is 6.59. The van der Waals surface area contributed by atoms with Gasteiger partial charge in [0.05, 0.1) is 41.0 Å². The lowest BCUT2D eigenvalue weighted by molar-refractivity contribution is 0.0679. The fraction of sp³-hybridized carbons (Fsp3) is 0.118. The Morgan fingerprint density at radius 3 is 2.44 bits per heavy atom. The first-order valence-corrected chi connectivity index (χ1v) is 14.7. The number of benzene rings is 4. The summed E-state index contributed by atoms with van der Waals surface area (Å²) >= 11 is 1.13. The maximum absolute atomic E-state index is 13.2. The van der Waals surface area contributed by atoms with Gasteiger partial charge in [0.2, 0.25) is 0 Å². The van der Waals surface area contributed by atoms with Crippen molar-refractivity contribution in [3.63, 3.8) is 0 Å². The SMILES string of the molecule is COc1ccc(-c2c(C(=O)O)n(Cc3ccc4nsnc4c3)c3c4ccccc4n(C)c23)c(OCc2ccccc2C(=O)O)c1. The van der Waals surface area contributed by atoms with Gasteiger partial charge >= 0.3 is 11.9 Å². The van der Waals surface area contributed by atoms with Gasteiger partial charge in [-0.3, -0.25) is 0 Å². The van der Waals surface area contributed by atoms with Gasteiger partial charge in [0.25, 0.3) is 0 Å². The minimum atomic E-state index is -1.10. The highest BCUT2D eigenvalue weighted by molar-refractivity contribution is 7.00. The molecule has 3 heterocycles. The van der Waals surface area contributed by atoms with Crippen LogP contribution in [0.5, 0.6) is 11.5 Å². The van der Waals surface area contributed by atoms with Gasteiger partial charge in [-0.25, -0.2) is 9.59 Å². The summed E-state index contributed by atoms with van der Waals surface area (Å²) in [6.07, 6.45) is 0. The number of carboxylic acids is 2. The fourth-order valence-corrected chi connectivity index (χ4v) is 6.52. The molecule has 0 amide bonds. The number of methoxy groups -OCH3 is 1. The zero-order valence-corrected chi connectivity index (χ0v) is 25.0. The van der Waals surface area contributed by atoms with E-state index in [0.717, 1.165) is 50.3 Å². The number of hydrogen-bond acceptors (Lipinski definition) is 7. The Labute approximate surface area is 260 Å². The Bertz CT molecular complexity index is 2280. The molecule has 0 atom stereocenters. The van der Waals surface area contributed by atoms with E-state index in [2.05, 4.69) is 8.75 Å². The highest BCUT2D eigenvalue weighted by Gasteiger charge is 2.30. The Hall–Kier alpha value is -5.68. The Balaban J connectivity index is 1.47. The number of ether oxygens (including phenoxy) is 2. The molecule has 11 heteroatoms. The summed E-state index contributed by atoms with van der Waals surface area (Å²) in [7, 11) is 3.46. The van der Waals surface area contributed by atoms with Crippen LogP contribution in [-0.4, -0.2) is 47.1 Å². The molecule has 7 aromatic rings. The average Bonchev–Trinajstić information content (AvgIpc) is 3.73. The quantitative estimate of drug-likeness (QED) is 0.180. The van der Waals surface area contributed by atoms with Crippen LogP contribution in [0.2, 0.25) is 0 Å². The molecule has 45 heavy (non-hydrogen) atoms. The smallest absolute Gasteiger partial charge is 0.353 e.